The van der Waals surface area contributed by atoms with Crippen molar-refractivity contribution >= 4 is 10.9 Å². The van der Waals surface area contributed by atoms with Crippen molar-refractivity contribution < 1.29 is 4.39 Å². The van der Waals surface area contributed by atoms with E-state index in [-0.39, 0.29) is 5.82 Å². The molecule has 2 N–H and O–H groups in total. The highest BCUT2D eigenvalue weighted by atomic mass is 19.1. The van der Waals surface area contributed by atoms with Gasteiger partial charge in [0, 0.05) is 30.6 Å². The number of para-hydroxylation sites is 1. The normalized spacial score (nSPS) is 17.2. The lowest BCUT2D eigenvalue weighted by Crippen LogP contribution is -2.39. The molecule has 3 heteroatoms. The van der Waals surface area contributed by atoms with E-state index >= 15 is 0 Å². The van der Waals surface area contributed by atoms with E-state index in [1.165, 1.54) is 11.6 Å². The summed E-state index contributed by atoms with van der Waals surface area (Å²) < 4.78 is 13.3. The highest BCUT2D eigenvalue weighted by molar-refractivity contribution is 5.84. The van der Waals surface area contributed by atoms with Crippen molar-refractivity contribution in [2.45, 2.75) is 5.92 Å². The highest BCUT2D eigenvalue weighted by Crippen LogP contribution is 2.28. The summed E-state index contributed by atoms with van der Waals surface area (Å²) in [7, 11) is 0. The zero-order chi connectivity index (χ0) is 9.54. The van der Waals surface area contributed by atoms with Gasteiger partial charge in [0.05, 0.1) is 5.52 Å². The molecule has 0 saturated carbocycles. The first kappa shape index (κ1) is 8.00. The summed E-state index contributed by atoms with van der Waals surface area (Å²) in [4.78, 5) is 3.00. The summed E-state index contributed by atoms with van der Waals surface area (Å²) in [6.07, 6.45) is 1.93. The van der Waals surface area contributed by atoms with Crippen LogP contribution in [0.25, 0.3) is 10.9 Å². The quantitative estimate of drug-likeness (QED) is 0.707. The van der Waals surface area contributed by atoms with Gasteiger partial charge in [-0.2, -0.15) is 0 Å². The van der Waals surface area contributed by atoms with E-state index < -0.39 is 0 Å². The van der Waals surface area contributed by atoms with Crippen LogP contribution in [0.15, 0.2) is 24.4 Å². The standard InChI is InChI=1S/C11H11FN2/c12-10-3-1-2-8-9(6-14-11(8)10)7-4-13-5-7/h1-3,6-7,13-14H,4-5H2. The Morgan fingerprint density at radius 1 is 1.29 bits per heavy atom. The smallest absolute Gasteiger partial charge is 0.147 e. The molecule has 0 unspecified atom stereocenters. The van der Waals surface area contributed by atoms with Crippen molar-refractivity contribution in [3.63, 3.8) is 0 Å². The molecule has 1 aromatic carbocycles. The predicted octanol–water partition coefficient (Wildman–Crippen LogP) is 1.99. The van der Waals surface area contributed by atoms with E-state index in [2.05, 4.69) is 10.3 Å². The van der Waals surface area contributed by atoms with Crippen molar-refractivity contribution in [1.82, 2.24) is 10.3 Å². The molecular weight excluding hydrogens is 179 g/mol. The molecule has 1 aliphatic rings. The predicted molar refractivity (Wildman–Crippen MR) is 53.9 cm³/mol. The average Bonchev–Trinajstić information content (AvgIpc) is 2.48. The number of H-pyrrole nitrogens is 1. The van der Waals surface area contributed by atoms with Crippen LogP contribution in [0.2, 0.25) is 0 Å². The highest BCUT2D eigenvalue weighted by Gasteiger charge is 2.22. The van der Waals surface area contributed by atoms with E-state index in [0.717, 1.165) is 18.5 Å². The minimum Gasteiger partial charge on any atom is -0.359 e. The number of fused-ring (bicyclic) bond motifs is 1. The van der Waals surface area contributed by atoms with Crippen LogP contribution in [0.5, 0.6) is 0 Å². The molecule has 0 radical (unpaired) electrons. The molecule has 72 valence electrons. The Balaban J connectivity index is 2.20. The van der Waals surface area contributed by atoms with Crippen molar-refractivity contribution in [2.24, 2.45) is 0 Å². The molecular formula is C11H11FN2. The molecule has 1 aliphatic heterocycles. The van der Waals surface area contributed by atoms with Gasteiger partial charge in [-0.25, -0.2) is 4.39 Å². The maximum Gasteiger partial charge on any atom is 0.147 e. The fraction of sp³-hybridized carbons (Fsp3) is 0.273. The summed E-state index contributed by atoms with van der Waals surface area (Å²) in [5.74, 6) is 0.381. The minimum absolute atomic E-state index is 0.166. The third-order valence-electron chi connectivity index (χ3n) is 2.92. The number of aromatic amines is 1. The van der Waals surface area contributed by atoms with Gasteiger partial charge in [-0.15, -0.1) is 0 Å². The second-order valence-electron chi connectivity index (χ2n) is 3.76. The largest absolute Gasteiger partial charge is 0.359 e. The Morgan fingerprint density at radius 3 is 2.86 bits per heavy atom. The van der Waals surface area contributed by atoms with Gasteiger partial charge in [-0.3, -0.25) is 0 Å². The number of benzene rings is 1. The zero-order valence-corrected chi connectivity index (χ0v) is 7.68. The Hall–Kier alpha value is -1.35. The summed E-state index contributed by atoms with van der Waals surface area (Å²) in [6.45, 7) is 2.01. The summed E-state index contributed by atoms with van der Waals surface area (Å²) in [5, 5.41) is 4.25. The van der Waals surface area contributed by atoms with Gasteiger partial charge >= 0.3 is 0 Å². The fourth-order valence-corrected chi connectivity index (χ4v) is 1.99. The molecule has 0 aliphatic carbocycles. The molecule has 0 spiro atoms. The Kier molecular flexibility index (Phi) is 1.61. The van der Waals surface area contributed by atoms with Crippen molar-refractivity contribution in [1.29, 1.82) is 0 Å². The van der Waals surface area contributed by atoms with E-state index in [1.54, 1.807) is 6.07 Å². The molecule has 0 atom stereocenters. The summed E-state index contributed by atoms with van der Waals surface area (Å²) >= 11 is 0. The number of halogens is 1. The van der Waals surface area contributed by atoms with Crippen LogP contribution in [0.1, 0.15) is 11.5 Å². The number of rotatable bonds is 1. The van der Waals surface area contributed by atoms with Gasteiger partial charge in [0.15, 0.2) is 0 Å². The van der Waals surface area contributed by atoms with Gasteiger partial charge in [0.25, 0.3) is 0 Å². The first-order valence-electron chi connectivity index (χ1n) is 4.82. The van der Waals surface area contributed by atoms with E-state index in [4.69, 9.17) is 0 Å². The molecule has 0 amide bonds. The van der Waals surface area contributed by atoms with Crippen LogP contribution < -0.4 is 5.32 Å². The summed E-state index contributed by atoms with van der Waals surface area (Å²) in [6, 6.07) is 5.23. The topological polar surface area (TPSA) is 27.8 Å². The lowest BCUT2D eigenvalue weighted by molar-refractivity contribution is 0.451. The number of hydrogen-bond donors (Lipinski definition) is 2. The molecule has 2 aromatic rings. The number of nitrogens with one attached hydrogen (secondary N) is 2. The van der Waals surface area contributed by atoms with Crippen LogP contribution in [0, 0.1) is 5.82 Å². The van der Waals surface area contributed by atoms with Crippen LogP contribution in [-0.4, -0.2) is 18.1 Å². The second-order valence-corrected chi connectivity index (χ2v) is 3.76. The van der Waals surface area contributed by atoms with Gasteiger partial charge in [0.2, 0.25) is 0 Å². The SMILES string of the molecule is Fc1cccc2c(C3CNC3)c[nH]c12. The van der Waals surface area contributed by atoms with Gasteiger partial charge < -0.3 is 10.3 Å². The Bertz CT molecular complexity index is 471. The fourth-order valence-electron chi connectivity index (χ4n) is 1.99. The monoisotopic (exact) mass is 190 g/mol. The Labute approximate surface area is 81.1 Å². The Morgan fingerprint density at radius 2 is 2.14 bits per heavy atom. The first-order chi connectivity index (χ1) is 6.86. The average molecular weight is 190 g/mol. The lowest BCUT2D eigenvalue weighted by atomic mass is 9.93. The molecule has 1 saturated heterocycles. The molecule has 14 heavy (non-hydrogen) atoms. The second kappa shape index (κ2) is 2.82. The third kappa shape index (κ3) is 0.990. The van der Waals surface area contributed by atoms with Crippen molar-refractivity contribution in [2.75, 3.05) is 13.1 Å². The van der Waals surface area contributed by atoms with E-state index in [0.29, 0.717) is 11.4 Å². The van der Waals surface area contributed by atoms with Crippen LogP contribution in [0.3, 0.4) is 0 Å². The summed E-state index contributed by atoms with van der Waals surface area (Å²) in [5.41, 5.74) is 1.87. The van der Waals surface area contributed by atoms with Crippen LogP contribution >= 0.6 is 0 Å². The molecule has 2 heterocycles. The zero-order valence-electron chi connectivity index (χ0n) is 7.68. The number of hydrogen-bond acceptors (Lipinski definition) is 1. The lowest BCUT2D eigenvalue weighted by Gasteiger charge is -2.26. The third-order valence-corrected chi connectivity index (χ3v) is 2.92. The van der Waals surface area contributed by atoms with Crippen LogP contribution in [-0.2, 0) is 0 Å². The van der Waals surface area contributed by atoms with Gasteiger partial charge in [-0.1, -0.05) is 12.1 Å². The van der Waals surface area contributed by atoms with E-state index in [1.807, 2.05) is 12.3 Å². The molecule has 3 rings (SSSR count). The first-order valence-corrected chi connectivity index (χ1v) is 4.82. The molecule has 2 nitrogen and oxygen atoms in total. The maximum atomic E-state index is 13.3. The number of aromatic nitrogens is 1. The molecule has 1 aromatic heterocycles. The van der Waals surface area contributed by atoms with E-state index in [9.17, 15) is 4.39 Å². The molecule has 0 bridgehead atoms. The maximum absolute atomic E-state index is 13.3. The van der Waals surface area contributed by atoms with Gasteiger partial charge in [-0.05, 0) is 11.6 Å². The van der Waals surface area contributed by atoms with Gasteiger partial charge in [0.1, 0.15) is 5.82 Å². The van der Waals surface area contributed by atoms with Crippen molar-refractivity contribution in [3.05, 3.63) is 35.8 Å². The minimum atomic E-state index is -0.166. The van der Waals surface area contributed by atoms with Crippen LogP contribution in [0.4, 0.5) is 4.39 Å². The van der Waals surface area contributed by atoms with Crippen molar-refractivity contribution in [3.8, 4) is 0 Å². The molecule has 1 fully saturated rings.